The molecule has 0 saturated carbocycles. The normalized spacial score (nSPS) is 15.0. The van der Waals surface area contributed by atoms with Crippen molar-refractivity contribution < 1.29 is 4.79 Å². The van der Waals surface area contributed by atoms with Crippen LogP contribution in [0.25, 0.3) is 15.9 Å². The van der Waals surface area contributed by atoms with Crippen LogP contribution in [0, 0.1) is 19.8 Å². The maximum absolute atomic E-state index is 13.3. The van der Waals surface area contributed by atoms with Crippen LogP contribution in [0.3, 0.4) is 0 Å². The number of nitrogens with zero attached hydrogens (tertiary/aromatic N) is 3. The van der Waals surface area contributed by atoms with Crippen molar-refractivity contribution in [2.24, 2.45) is 5.92 Å². The van der Waals surface area contributed by atoms with Crippen LogP contribution >= 0.6 is 11.3 Å². The summed E-state index contributed by atoms with van der Waals surface area (Å²) >= 11 is 1.56. The van der Waals surface area contributed by atoms with E-state index in [0.717, 1.165) is 58.8 Å². The molecule has 5 heteroatoms. The first-order valence-electron chi connectivity index (χ1n) is 11.0. The van der Waals surface area contributed by atoms with Crippen molar-refractivity contribution in [1.82, 2.24) is 14.7 Å². The van der Waals surface area contributed by atoms with Crippen LogP contribution in [0.5, 0.6) is 0 Å². The molecule has 0 bridgehead atoms. The number of amides is 1. The van der Waals surface area contributed by atoms with Gasteiger partial charge in [0.25, 0.3) is 5.91 Å². The Hall–Kier alpha value is -2.92. The van der Waals surface area contributed by atoms with Crippen LogP contribution < -0.4 is 0 Å². The van der Waals surface area contributed by atoms with E-state index < -0.39 is 0 Å². The zero-order valence-electron chi connectivity index (χ0n) is 18.0. The molecular formula is C26H27N3OS. The zero-order chi connectivity index (χ0) is 21.4. The predicted octanol–water partition coefficient (Wildman–Crippen LogP) is 5.80. The first-order valence-corrected chi connectivity index (χ1v) is 11.8. The molecular weight excluding hydrogens is 402 g/mol. The zero-order valence-corrected chi connectivity index (χ0v) is 18.9. The Labute approximate surface area is 187 Å². The fraction of sp³-hybridized carbons (Fsp3) is 0.308. The van der Waals surface area contributed by atoms with Crippen molar-refractivity contribution in [1.29, 1.82) is 0 Å². The third-order valence-electron chi connectivity index (χ3n) is 6.27. The second-order valence-corrected chi connectivity index (χ2v) is 9.62. The van der Waals surface area contributed by atoms with E-state index in [4.69, 9.17) is 5.10 Å². The van der Waals surface area contributed by atoms with Crippen LogP contribution in [-0.2, 0) is 6.42 Å². The highest BCUT2D eigenvalue weighted by molar-refractivity contribution is 7.20. The summed E-state index contributed by atoms with van der Waals surface area (Å²) < 4.78 is 1.98. The van der Waals surface area contributed by atoms with Crippen molar-refractivity contribution in [3.63, 3.8) is 0 Å². The van der Waals surface area contributed by atoms with Gasteiger partial charge in [0.05, 0.1) is 16.3 Å². The summed E-state index contributed by atoms with van der Waals surface area (Å²) in [6, 6.07) is 21.0. The van der Waals surface area contributed by atoms with Crippen molar-refractivity contribution in [2.75, 3.05) is 13.1 Å². The highest BCUT2D eigenvalue weighted by Crippen LogP contribution is 2.32. The van der Waals surface area contributed by atoms with Gasteiger partial charge < -0.3 is 4.90 Å². The number of aryl methyl sites for hydroxylation is 2. The molecule has 158 valence electrons. The first kappa shape index (κ1) is 20.0. The number of rotatable bonds is 4. The van der Waals surface area contributed by atoms with Gasteiger partial charge in [0.1, 0.15) is 4.83 Å². The molecule has 0 aliphatic carbocycles. The number of benzene rings is 2. The number of carbonyl (C=O) groups excluding carboxylic acids is 1. The Morgan fingerprint density at radius 1 is 1.03 bits per heavy atom. The van der Waals surface area contributed by atoms with Gasteiger partial charge in [-0.1, -0.05) is 42.5 Å². The summed E-state index contributed by atoms with van der Waals surface area (Å²) in [6.07, 6.45) is 3.25. The minimum atomic E-state index is 0.162. The standard InChI is InChI=1S/C26H27N3OS/c1-18-7-6-10-22(15-18)29-26-23(19(2)27-29)17-24(31-26)25(30)28-13-11-21(12-14-28)16-20-8-4-3-5-9-20/h3-10,15,17,21H,11-14,16H2,1-2H3. The maximum Gasteiger partial charge on any atom is 0.264 e. The molecule has 2 aromatic carbocycles. The first-order chi connectivity index (χ1) is 15.1. The molecule has 1 aliphatic rings. The molecule has 1 fully saturated rings. The minimum absolute atomic E-state index is 0.162. The number of carbonyl (C=O) groups is 1. The van der Waals surface area contributed by atoms with Gasteiger partial charge in [0.2, 0.25) is 0 Å². The van der Waals surface area contributed by atoms with Gasteiger partial charge in [-0.05, 0) is 68.4 Å². The van der Waals surface area contributed by atoms with E-state index in [1.807, 2.05) is 28.6 Å². The quantitative estimate of drug-likeness (QED) is 0.411. The Morgan fingerprint density at radius 2 is 1.81 bits per heavy atom. The lowest BCUT2D eigenvalue weighted by atomic mass is 9.90. The van der Waals surface area contributed by atoms with Crippen LogP contribution in [0.4, 0.5) is 0 Å². The number of hydrogen-bond donors (Lipinski definition) is 0. The average Bonchev–Trinajstić information content (AvgIpc) is 3.35. The molecule has 0 atom stereocenters. The number of likely N-dealkylation sites (tertiary alicyclic amines) is 1. The van der Waals surface area contributed by atoms with Crippen LogP contribution in [0.2, 0.25) is 0 Å². The third-order valence-corrected chi connectivity index (χ3v) is 7.37. The third kappa shape index (κ3) is 4.02. The lowest BCUT2D eigenvalue weighted by Gasteiger charge is -2.31. The number of hydrogen-bond acceptors (Lipinski definition) is 3. The number of fused-ring (bicyclic) bond motifs is 1. The van der Waals surface area contributed by atoms with Gasteiger partial charge in [-0.3, -0.25) is 4.79 Å². The summed E-state index contributed by atoms with van der Waals surface area (Å²) in [5.74, 6) is 0.820. The summed E-state index contributed by atoms with van der Waals surface area (Å²) in [4.78, 5) is 17.2. The molecule has 1 amide bonds. The van der Waals surface area contributed by atoms with Crippen LogP contribution in [0.15, 0.2) is 60.7 Å². The smallest absolute Gasteiger partial charge is 0.264 e. The molecule has 2 aromatic heterocycles. The van der Waals surface area contributed by atoms with E-state index in [1.165, 1.54) is 11.1 Å². The topological polar surface area (TPSA) is 38.1 Å². The van der Waals surface area contributed by atoms with E-state index in [2.05, 4.69) is 55.5 Å². The predicted molar refractivity (Wildman–Crippen MR) is 127 cm³/mol. The van der Waals surface area contributed by atoms with Crippen molar-refractivity contribution >= 4 is 27.5 Å². The summed E-state index contributed by atoms with van der Waals surface area (Å²) in [6.45, 7) is 5.79. The van der Waals surface area contributed by atoms with Gasteiger partial charge >= 0.3 is 0 Å². The summed E-state index contributed by atoms with van der Waals surface area (Å²) in [5.41, 5.74) is 4.60. The molecule has 31 heavy (non-hydrogen) atoms. The summed E-state index contributed by atoms with van der Waals surface area (Å²) in [5, 5.41) is 5.80. The van der Waals surface area contributed by atoms with Gasteiger partial charge in [-0.15, -0.1) is 11.3 Å². The largest absolute Gasteiger partial charge is 0.338 e. The second kappa shape index (κ2) is 8.31. The number of thiophene rings is 1. The lowest BCUT2D eigenvalue weighted by molar-refractivity contribution is 0.0695. The Balaban J connectivity index is 1.32. The maximum atomic E-state index is 13.3. The highest BCUT2D eigenvalue weighted by Gasteiger charge is 2.26. The molecule has 0 N–H and O–H groups in total. The molecule has 5 rings (SSSR count). The monoisotopic (exact) mass is 429 g/mol. The molecule has 1 aliphatic heterocycles. The fourth-order valence-corrected chi connectivity index (χ4v) is 5.68. The Bertz CT molecular complexity index is 1220. The van der Waals surface area contributed by atoms with Crippen LogP contribution in [-0.4, -0.2) is 33.7 Å². The number of aromatic nitrogens is 2. The van der Waals surface area contributed by atoms with E-state index in [9.17, 15) is 4.79 Å². The summed E-state index contributed by atoms with van der Waals surface area (Å²) in [7, 11) is 0. The molecule has 0 spiro atoms. The van der Waals surface area contributed by atoms with E-state index in [0.29, 0.717) is 5.92 Å². The van der Waals surface area contributed by atoms with E-state index in [-0.39, 0.29) is 5.91 Å². The van der Waals surface area contributed by atoms with Crippen LogP contribution in [0.1, 0.15) is 39.3 Å². The second-order valence-electron chi connectivity index (χ2n) is 8.59. The molecule has 4 aromatic rings. The lowest BCUT2D eigenvalue weighted by Crippen LogP contribution is -2.38. The average molecular weight is 430 g/mol. The molecule has 0 radical (unpaired) electrons. The van der Waals surface area contributed by atoms with Gasteiger partial charge in [0, 0.05) is 18.5 Å². The van der Waals surface area contributed by atoms with E-state index in [1.54, 1.807) is 11.3 Å². The molecule has 1 saturated heterocycles. The Kier molecular flexibility index (Phi) is 5.36. The van der Waals surface area contributed by atoms with Gasteiger partial charge in [-0.25, -0.2) is 4.68 Å². The van der Waals surface area contributed by atoms with Crippen molar-refractivity contribution in [2.45, 2.75) is 33.1 Å². The SMILES string of the molecule is Cc1cccc(-n2nc(C)c3cc(C(=O)N4CCC(Cc5ccccc5)CC4)sc32)c1. The molecule has 3 heterocycles. The Morgan fingerprint density at radius 3 is 2.55 bits per heavy atom. The minimum Gasteiger partial charge on any atom is -0.338 e. The van der Waals surface area contributed by atoms with Crippen molar-refractivity contribution in [3.8, 4) is 5.69 Å². The highest BCUT2D eigenvalue weighted by atomic mass is 32.1. The van der Waals surface area contributed by atoms with E-state index >= 15 is 0 Å². The van der Waals surface area contributed by atoms with Crippen molar-refractivity contribution in [3.05, 3.63) is 82.4 Å². The fourth-order valence-electron chi connectivity index (χ4n) is 4.53. The van der Waals surface area contributed by atoms with Gasteiger partial charge in [0.15, 0.2) is 0 Å². The number of piperidine rings is 1. The molecule has 4 nitrogen and oxygen atoms in total. The molecule has 0 unspecified atom stereocenters. The van der Waals surface area contributed by atoms with Gasteiger partial charge in [-0.2, -0.15) is 5.10 Å².